The zero-order valence-electron chi connectivity index (χ0n) is 23.9. The van der Waals surface area contributed by atoms with E-state index in [0.717, 1.165) is 16.8 Å². The smallest absolute Gasteiger partial charge is 0.305 e. The van der Waals surface area contributed by atoms with E-state index in [1.165, 1.54) is 0 Å². The molecule has 0 saturated carbocycles. The van der Waals surface area contributed by atoms with E-state index in [2.05, 4.69) is 37.0 Å². The number of methoxy groups -OCH3 is 1. The Hall–Kier alpha value is -3.94. The van der Waals surface area contributed by atoms with Crippen LogP contribution in [0.1, 0.15) is 53.7 Å². The van der Waals surface area contributed by atoms with Crippen LogP contribution in [0, 0.1) is 0 Å². The molecule has 2 aliphatic rings. The third-order valence-corrected chi connectivity index (χ3v) is 7.91. The van der Waals surface area contributed by atoms with Gasteiger partial charge >= 0.3 is 5.97 Å². The van der Waals surface area contributed by atoms with Gasteiger partial charge in [0.15, 0.2) is 5.78 Å². The van der Waals surface area contributed by atoms with Gasteiger partial charge in [0.2, 0.25) is 5.72 Å². The number of ether oxygens (including phenoxy) is 4. The molecule has 3 aromatic rings. The van der Waals surface area contributed by atoms with Crippen LogP contribution >= 0.6 is 0 Å². The second kappa shape index (κ2) is 12.3. The molecule has 0 saturated heterocycles. The van der Waals surface area contributed by atoms with E-state index in [1.807, 2.05) is 66.7 Å². The number of nitrogens with zero attached hydrogens (tertiary/aromatic N) is 1. The molecule has 7 heteroatoms. The zero-order valence-corrected chi connectivity index (χ0v) is 23.9. The maximum atomic E-state index is 13.1. The molecule has 214 valence electrons. The highest BCUT2D eigenvalue weighted by Crippen LogP contribution is 2.54. The van der Waals surface area contributed by atoms with Crippen LogP contribution in [0.2, 0.25) is 0 Å². The lowest BCUT2D eigenvalue weighted by atomic mass is 9.76. The molecular formula is C34H37NO6. The summed E-state index contributed by atoms with van der Waals surface area (Å²) in [5.74, 6) is 0.427. The SMILES string of the molecule is COCCOCCCC(=O)OCCN1c2ccccc2C(C)(C)C12C=Cc1cc(C(=O)c3ccccc3)ccc1O2. The summed E-state index contributed by atoms with van der Waals surface area (Å²) in [6.45, 7) is 6.57. The minimum Gasteiger partial charge on any atom is -0.464 e. The standard InChI is InChI=1S/C34H37NO6/c1-33(2)28-12-7-8-13-29(28)35(19-21-40-31(36)14-9-20-39-23-22-38-3)34(33)18-17-26-24-27(15-16-30(26)41-34)32(37)25-10-5-4-6-11-25/h4-8,10-13,15-18,24H,9,14,19-23H2,1-3H3. The molecule has 1 atom stereocenters. The van der Waals surface area contributed by atoms with E-state index in [4.69, 9.17) is 18.9 Å². The number of carbonyl (C=O) groups is 2. The quantitative estimate of drug-likeness (QED) is 0.159. The van der Waals surface area contributed by atoms with Crippen molar-refractivity contribution in [2.24, 2.45) is 0 Å². The lowest BCUT2D eigenvalue weighted by Crippen LogP contribution is -2.60. The van der Waals surface area contributed by atoms with Crippen molar-refractivity contribution < 1.29 is 28.5 Å². The average molecular weight is 556 g/mol. The van der Waals surface area contributed by atoms with Crippen LogP contribution < -0.4 is 9.64 Å². The minimum atomic E-state index is -0.837. The number of hydrogen-bond acceptors (Lipinski definition) is 7. The predicted molar refractivity (Wildman–Crippen MR) is 158 cm³/mol. The fraction of sp³-hybridized carbons (Fsp3) is 0.353. The Labute approximate surface area is 241 Å². The number of para-hydroxylation sites is 1. The van der Waals surface area contributed by atoms with Crippen molar-refractivity contribution in [3.05, 3.63) is 101 Å². The predicted octanol–water partition coefficient (Wildman–Crippen LogP) is 5.80. The molecule has 0 fully saturated rings. The number of rotatable bonds is 12. The van der Waals surface area contributed by atoms with E-state index in [9.17, 15) is 9.59 Å². The Morgan fingerprint density at radius 3 is 2.46 bits per heavy atom. The molecule has 5 rings (SSSR count). The van der Waals surface area contributed by atoms with Crippen LogP contribution in [0.5, 0.6) is 5.75 Å². The third kappa shape index (κ3) is 5.65. The summed E-state index contributed by atoms with van der Waals surface area (Å²) >= 11 is 0. The van der Waals surface area contributed by atoms with Crippen molar-refractivity contribution in [3.63, 3.8) is 0 Å². The van der Waals surface area contributed by atoms with E-state index in [0.29, 0.717) is 56.1 Å². The van der Waals surface area contributed by atoms with Crippen molar-refractivity contribution in [3.8, 4) is 5.75 Å². The van der Waals surface area contributed by atoms with Gasteiger partial charge < -0.3 is 23.8 Å². The highest BCUT2D eigenvalue weighted by molar-refractivity contribution is 6.09. The highest BCUT2D eigenvalue weighted by atomic mass is 16.5. The van der Waals surface area contributed by atoms with Crippen LogP contribution in [0.25, 0.3) is 6.08 Å². The third-order valence-electron chi connectivity index (χ3n) is 7.91. The first-order valence-electron chi connectivity index (χ1n) is 14.1. The van der Waals surface area contributed by atoms with E-state index >= 15 is 0 Å². The monoisotopic (exact) mass is 555 g/mol. The van der Waals surface area contributed by atoms with Gasteiger partial charge in [-0.05, 0) is 62.2 Å². The second-order valence-corrected chi connectivity index (χ2v) is 10.8. The van der Waals surface area contributed by atoms with Crippen molar-refractivity contribution in [2.75, 3.05) is 45.0 Å². The van der Waals surface area contributed by atoms with Crippen LogP contribution in [0.3, 0.4) is 0 Å². The molecule has 1 spiro atoms. The Morgan fingerprint density at radius 2 is 1.66 bits per heavy atom. The van der Waals surface area contributed by atoms with Gasteiger partial charge in [-0.1, -0.05) is 48.5 Å². The number of fused-ring (bicyclic) bond motifs is 2. The zero-order chi connectivity index (χ0) is 28.9. The normalized spacial score (nSPS) is 18.1. The topological polar surface area (TPSA) is 74.3 Å². The molecule has 0 radical (unpaired) electrons. The fourth-order valence-corrected chi connectivity index (χ4v) is 5.67. The van der Waals surface area contributed by atoms with Crippen molar-refractivity contribution in [1.82, 2.24) is 0 Å². The summed E-state index contributed by atoms with van der Waals surface area (Å²) in [6.07, 6.45) is 5.01. The van der Waals surface area contributed by atoms with Gasteiger partial charge in [-0.25, -0.2) is 0 Å². The van der Waals surface area contributed by atoms with Gasteiger partial charge in [0.25, 0.3) is 0 Å². The molecular weight excluding hydrogens is 518 g/mol. The Balaban J connectivity index is 1.32. The molecule has 3 aromatic carbocycles. The molecule has 7 nitrogen and oxygen atoms in total. The molecule has 0 N–H and O–H groups in total. The molecule has 0 amide bonds. The van der Waals surface area contributed by atoms with Crippen LogP contribution in [-0.4, -0.2) is 57.6 Å². The second-order valence-electron chi connectivity index (χ2n) is 10.8. The largest absolute Gasteiger partial charge is 0.464 e. The molecule has 41 heavy (non-hydrogen) atoms. The maximum absolute atomic E-state index is 13.1. The van der Waals surface area contributed by atoms with Crippen molar-refractivity contribution >= 4 is 23.5 Å². The van der Waals surface area contributed by atoms with E-state index < -0.39 is 11.1 Å². The number of carbonyl (C=O) groups excluding carboxylic acids is 2. The summed E-state index contributed by atoms with van der Waals surface area (Å²) in [5.41, 5.74) is 3.06. The minimum absolute atomic E-state index is 0.0272. The van der Waals surface area contributed by atoms with Gasteiger partial charge in [0, 0.05) is 42.5 Å². The lowest BCUT2D eigenvalue weighted by molar-refractivity contribution is -0.143. The van der Waals surface area contributed by atoms with Gasteiger partial charge in [-0.3, -0.25) is 9.59 Å². The van der Waals surface area contributed by atoms with Crippen LogP contribution in [0.4, 0.5) is 5.69 Å². The molecule has 2 aliphatic heterocycles. The summed E-state index contributed by atoms with van der Waals surface area (Å²) < 4.78 is 22.9. The van der Waals surface area contributed by atoms with Gasteiger partial charge in [-0.2, -0.15) is 0 Å². The number of esters is 1. The summed E-state index contributed by atoms with van der Waals surface area (Å²) in [6, 6.07) is 23.1. The number of ketones is 1. The van der Waals surface area contributed by atoms with Crippen LogP contribution in [0.15, 0.2) is 78.9 Å². The molecule has 0 aliphatic carbocycles. The number of hydrogen-bond donors (Lipinski definition) is 0. The Morgan fingerprint density at radius 1 is 0.878 bits per heavy atom. The Kier molecular flexibility index (Phi) is 8.57. The molecule has 0 bridgehead atoms. The van der Waals surface area contributed by atoms with Gasteiger partial charge in [0.1, 0.15) is 12.4 Å². The molecule has 0 aromatic heterocycles. The Bertz CT molecular complexity index is 1420. The average Bonchev–Trinajstić information content (AvgIpc) is 3.17. The maximum Gasteiger partial charge on any atom is 0.305 e. The first-order chi connectivity index (χ1) is 19.9. The van der Waals surface area contributed by atoms with Gasteiger partial charge in [-0.15, -0.1) is 0 Å². The van der Waals surface area contributed by atoms with Crippen LogP contribution in [-0.2, 0) is 24.4 Å². The van der Waals surface area contributed by atoms with Crippen molar-refractivity contribution in [2.45, 2.75) is 37.8 Å². The summed E-state index contributed by atoms with van der Waals surface area (Å²) in [5, 5.41) is 0. The van der Waals surface area contributed by atoms with E-state index in [-0.39, 0.29) is 18.4 Å². The summed E-state index contributed by atoms with van der Waals surface area (Å²) in [7, 11) is 1.63. The molecule has 2 heterocycles. The number of anilines is 1. The summed E-state index contributed by atoms with van der Waals surface area (Å²) in [4.78, 5) is 27.6. The van der Waals surface area contributed by atoms with Crippen molar-refractivity contribution in [1.29, 1.82) is 0 Å². The lowest BCUT2D eigenvalue weighted by Gasteiger charge is -2.47. The van der Waals surface area contributed by atoms with Gasteiger partial charge in [0.05, 0.1) is 25.2 Å². The first kappa shape index (κ1) is 28.6. The van der Waals surface area contributed by atoms with E-state index in [1.54, 1.807) is 7.11 Å². The first-order valence-corrected chi connectivity index (χ1v) is 14.1. The highest BCUT2D eigenvalue weighted by Gasteiger charge is 2.58. The number of benzene rings is 3. The molecule has 1 unspecified atom stereocenters. The fourth-order valence-electron chi connectivity index (χ4n) is 5.67.